The van der Waals surface area contributed by atoms with Gasteiger partial charge in [-0.05, 0) is 94.6 Å². The third kappa shape index (κ3) is 10.5. The van der Waals surface area contributed by atoms with Crippen molar-refractivity contribution in [1.82, 2.24) is 25.6 Å². The summed E-state index contributed by atoms with van der Waals surface area (Å²) in [5.74, 6) is -1.57. The summed E-state index contributed by atoms with van der Waals surface area (Å²) in [6, 6.07) is 8.66. The summed E-state index contributed by atoms with van der Waals surface area (Å²) in [6.45, 7) is 15.0. The highest BCUT2D eigenvalue weighted by atomic mass is 16.5. The van der Waals surface area contributed by atoms with Crippen LogP contribution in [0, 0.1) is 6.92 Å². The van der Waals surface area contributed by atoms with Crippen molar-refractivity contribution in [1.29, 1.82) is 0 Å². The highest BCUT2D eigenvalue weighted by Crippen LogP contribution is 2.39. The molecule has 298 valence electrons. The minimum Gasteiger partial charge on any atom is -0.381 e. The molecular formula is C41H53N9O6. The molecule has 15 heteroatoms. The summed E-state index contributed by atoms with van der Waals surface area (Å²) < 4.78 is 5.64. The van der Waals surface area contributed by atoms with Gasteiger partial charge in [-0.3, -0.25) is 24.0 Å². The number of ether oxygens (including phenoxy) is 1. The maximum atomic E-state index is 14.4. The fourth-order valence-corrected chi connectivity index (χ4v) is 6.90. The number of hydrogen-bond acceptors (Lipinski definition) is 10. The Balaban J connectivity index is 1.65. The van der Waals surface area contributed by atoms with Crippen LogP contribution in [-0.2, 0) is 32.1 Å². The molecule has 0 saturated carbocycles. The largest absolute Gasteiger partial charge is 0.381 e. The highest BCUT2D eigenvalue weighted by Gasteiger charge is 2.33. The lowest BCUT2D eigenvalue weighted by Gasteiger charge is -2.36. The van der Waals surface area contributed by atoms with E-state index in [1.54, 1.807) is 32.2 Å². The van der Waals surface area contributed by atoms with Crippen molar-refractivity contribution in [2.75, 3.05) is 61.6 Å². The van der Waals surface area contributed by atoms with Gasteiger partial charge in [0.1, 0.15) is 12.2 Å². The second-order valence-corrected chi connectivity index (χ2v) is 14.4. The van der Waals surface area contributed by atoms with Gasteiger partial charge in [0, 0.05) is 80.7 Å². The van der Waals surface area contributed by atoms with E-state index < -0.39 is 36.1 Å². The molecule has 56 heavy (non-hydrogen) atoms. The first-order valence-electron chi connectivity index (χ1n) is 19.1. The van der Waals surface area contributed by atoms with E-state index in [2.05, 4.69) is 49.6 Å². The normalized spacial score (nSPS) is 14.8. The fourth-order valence-electron chi connectivity index (χ4n) is 6.90. The molecule has 1 aromatic carbocycles. The Morgan fingerprint density at radius 3 is 2.45 bits per heavy atom. The van der Waals surface area contributed by atoms with Crippen molar-refractivity contribution in [3.8, 4) is 11.1 Å². The molecule has 2 aliphatic heterocycles. The number of hydrogen-bond donors (Lipinski definition) is 4. The van der Waals surface area contributed by atoms with Crippen molar-refractivity contribution in [2.24, 2.45) is 5.10 Å². The lowest BCUT2D eigenvalue weighted by atomic mass is 9.97. The molecule has 0 spiro atoms. The summed E-state index contributed by atoms with van der Waals surface area (Å²) >= 11 is 0. The van der Waals surface area contributed by atoms with Crippen molar-refractivity contribution in [3.63, 3.8) is 0 Å². The number of rotatable bonds is 14. The number of hydrazone groups is 1. The summed E-state index contributed by atoms with van der Waals surface area (Å²) in [5.41, 5.74) is 6.20. The minimum atomic E-state index is -0.617. The number of likely N-dealkylation sites (N-methyl/N-ethyl adjacent to an activating group) is 1. The van der Waals surface area contributed by atoms with Gasteiger partial charge in [-0.25, -0.2) is 10.4 Å². The number of nitrogens with one attached hydrogen (secondary N) is 4. The first kappa shape index (κ1) is 41.5. The molecule has 0 aliphatic carbocycles. The standard InChI is InChI=1S/C41H53N9O6/c1-7-9-28-20-27(5)44-41(55)33(28)25-43-40(54)32-21-30(29-10-11-35(42-24-29)49-16-14-48(6)15-17-49)22-34(39(32)45-36(51)8-2)50(31-12-18-56-19-13-31)38(53)23-37(52)47-46-26(3)4/h8,10-11,20-22,24,31H,2,7,9,12-19,23,25H2,1,3-6H3,(H,43,54)(H,44,55)(H,45,51)(H,47,52). The molecule has 0 unspecified atom stereocenters. The van der Waals surface area contributed by atoms with Crippen LogP contribution in [0.5, 0.6) is 0 Å². The Morgan fingerprint density at radius 1 is 1.07 bits per heavy atom. The Kier molecular flexibility index (Phi) is 14.3. The predicted octanol–water partition coefficient (Wildman–Crippen LogP) is 3.92. The van der Waals surface area contributed by atoms with E-state index in [0.717, 1.165) is 55.8 Å². The number of benzene rings is 1. The van der Waals surface area contributed by atoms with Crippen LogP contribution < -0.4 is 31.4 Å². The number of aromatic nitrogens is 2. The first-order chi connectivity index (χ1) is 26.9. The maximum absolute atomic E-state index is 14.4. The van der Waals surface area contributed by atoms with Crippen LogP contribution in [-0.4, -0.2) is 96.7 Å². The molecule has 0 atom stereocenters. The number of aryl methyl sites for hydroxylation is 2. The first-order valence-corrected chi connectivity index (χ1v) is 19.1. The van der Waals surface area contributed by atoms with E-state index in [4.69, 9.17) is 9.72 Å². The number of carbonyl (C=O) groups is 4. The van der Waals surface area contributed by atoms with Crippen LogP contribution >= 0.6 is 0 Å². The fraction of sp³-hybridized carbons (Fsp3) is 0.439. The van der Waals surface area contributed by atoms with Gasteiger partial charge in [0.15, 0.2) is 0 Å². The highest BCUT2D eigenvalue weighted by molar-refractivity contribution is 6.14. The Hall–Kier alpha value is -5.67. The van der Waals surface area contributed by atoms with Gasteiger partial charge in [0.05, 0.1) is 16.9 Å². The van der Waals surface area contributed by atoms with E-state index in [-0.39, 0.29) is 29.0 Å². The molecule has 4 amide bonds. The number of anilines is 3. The molecule has 0 radical (unpaired) electrons. The Labute approximate surface area is 327 Å². The second-order valence-electron chi connectivity index (χ2n) is 14.4. The third-order valence-corrected chi connectivity index (χ3v) is 9.81. The predicted molar refractivity (Wildman–Crippen MR) is 218 cm³/mol. The zero-order chi connectivity index (χ0) is 40.4. The Bertz CT molecular complexity index is 2010. The van der Waals surface area contributed by atoms with Crippen LogP contribution in [0.2, 0.25) is 0 Å². The third-order valence-electron chi connectivity index (χ3n) is 9.81. The van der Waals surface area contributed by atoms with E-state index in [9.17, 15) is 24.0 Å². The van der Waals surface area contributed by atoms with Gasteiger partial charge in [0.2, 0.25) is 17.7 Å². The van der Waals surface area contributed by atoms with E-state index in [1.807, 2.05) is 32.0 Å². The number of piperazine rings is 1. The van der Waals surface area contributed by atoms with Crippen LogP contribution in [0.25, 0.3) is 11.1 Å². The van der Waals surface area contributed by atoms with Gasteiger partial charge >= 0.3 is 0 Å². The van der Waals surface area contributed by atoms with E-state index >= 15 is 0 Å². The van der Waals surface area contributed by atoms with E-state index in [1.165, 1.54) is 4.90 Å². The topological polar surface area (TPSA) is 181 Å². The molecule has 4 heterocycles. The number of nitrogens with zero attached hydrogens (tertiary/aromatic N) is 5. The van der Waals surface area contributed by atoms with Crippen LogP contribution in [0.3, 0.4) is 0 Å². The van der Waals surface area contributed by atoms with Gasteiger partial charge in [-0.2, -0.15) is 5.10 Å². The molecule has 15 nitrogen and oxygen atoms in total. The molecule has 2 saturated heterocycles. The molecular weight excluding hydrogens is 715 g/mol. The lowest BCUT2D eigenvalue weighted by Crippen LogP contribution is -2.45. The molecule has 5 rings (SSSR count). The molecule has 3 aromatic rings. The minimum absolute atomic E-state index is 0.0388. The van der Waals surface area contributed by atoms with Crippen LogP contribution in [0.1, 0.15) is 73.6 Å². The number of amides is 4. The summed E-state index contributed by atoms with van der Waals surface area (Å²) in [7, 11) is 2.09. The summed E-state index contributed by atoms with van der Waals surface area (Å²) in [5, 5.41) is 9.68. The SMILES string of the molecule is C=CC(=O)Nc1c(C(=O)NCc2c(CCC)cc(C)[nH]c2=O)cc(-c2ccc(N3CCN(C)CC3)nc2)cc1N(C(=O)CC(=O)NN=C(C)C)C1CCOCC1. The van der Waals surface area contributed by atoms with Gasteiger partial charge in [-0.1, -0.05) is 19.9 Å². The number of H-pyrrole nitrogens is 1. The average Bonchev–Trinajstić information content (AvgIpc) is 3.18. The van der Waals surface area contributed by atoms with Gasteiger partial charge in [-0.15, -0.1) is 0 Å². The van der Waals surface area contributed by atoms with E-state index in [0.29, 0.717) is 54.9 Å². The van der Waals surface area contributed by atoms with Crippen molar-refractivity contribution < 1.29 is 23.9 Å². The van der Waals surface area contributed by atoms with Crippen molar-refractivity contribution >= 4 is 46.5 Å². The quantitative estimate of drug-likeness (QED) is 0.0819. The number of pyridine rings is 2. The molecule has 0 bridgehead atoms. The zero-order valence-electron chi connectivity index (χ0n) is 33.0. The van der Waals surface area contributed by atoms with Crippen molar-refractivity contribution in [2.45, 2.75) is 72.4 Å². The lowest BCUT2D eigenvalue weighted by molar-refractivity contribution is -0.128. The van der Waals surface area contributed by atoms with Crippen LogP contribution in [0.15, 0.2) is 59.1 Å². The second kappa shape index (κ2) is 19.3. The summed E-state index contributed by atoms with van der Waals surface area (Å²) in [6.07, 6.45) is 4.57. The summed E-state index contributed by atoms with van der Waals surface area (Å²) in [4.78, 5) is 81.6. The smallest absolute Gasteiger partial charge is 0.253 e. The molecule has 2 aromatic heterocycles. The van der Waals surface area contributed by atoms with Crippen molar-refractivity contribution in [3.05, 3.63) is 81.9 Å². The maximum Gasteiger partial charge on any atom is 0.253 e. The molecule has 2 aliphatic rings. The molecule has 4 N–H and O–H groups in total. The Morgan fingerprint density at radius 2 is 1.80 bits per heavy atom. The number of carbonyl (C=O) groups excluding carboxylic acids is 4. The van der Waals surface area contributed by atoms with Gasteiger partial charge < -0.3 is 35.1 Å². The van der Waals surface area contributed by atoms with Crippen LogP contribution in [0.4, 0.5) is 17.2 Å². The molecule has 2 fully saturated rings. The zero-order valence-corrected chi connectivity index (χ0v) is 33.0. The number of aromatic amines is 1. The average molecular weight is 768 g/mol. The van der Waals surface area contributed by atoms with Gasteiger partial charge in [0.25, 0.3) is 11.5 Å². The monoisotopic (exact) mass is 767 g/mol.